The number of fused-ring (bicyclic) bond motifs is 1. The van der Waals surface area contributed by atoms with Gasteiger partial charge in [-0.05, 0) is 57.7 Å². The highest BCUT2D eigenvalue weighted by molar-refractivity contribution is 7.15. The van der Waals surface area contributed by atoms with Gasteiger partial charge in [-0.3, -0.25) is 14.5 Å². The van der Waals surface area contributed by atoms with Gasteiger partial charge in [-0.25, -0.2) is 4.98 Å². The standard InChI is InChI=1S/C24H25ClN2O4S/c1-4-30-16-8-5-14(6-9-16)20-19-21(28)17-11-15(25)7-10-18(17)31-22(19)23(29)27(20)24-26-12(2)13(3)32-24/h5-6,8-9,15,17-18,20H,4,7,10-11H2,1-3H3. The molecule has 1 aromatic heterocycles. The highest BCUT2D eigenvalue weighted by Gasteiger charge is 2.53. The fraction of sp³-hybridized carbons (Fsp3) is 0.458. The second-order valence-electron chi connectivity index (χ2n) is 8.50. The first-order chi connectivity index (χ1) is 15.4. The van der Waals surface area contributed by atoms with Crippen LogP contribution in [-0.2, 0) is 14.3 Å². The number of thiazole rings is 1. The van der Waals surface area contributed by atoms with Gasteiger partial charge in [0, 0.05) is 10.3 Å². The molecule has 6 nitrogen and oxygen atoms in total. The number of benzene rings is 1. The van der Waals surface area contributed by atoms with Crippen molar-refractivity contribution in [3.05, 3.63) is 51.7 Å². The Balaban J connectivity index is 1.61. The average Bonchev–Trinajstić information content (AvgIpc) is 3.26. The molecule has 5 rings (SSSR count). The van der Waals surface area contributed by atoms with Crippen LogP contribution in [0.15, 0.2) is 35.6 Å². The molecule has 1 fully saturated rings. The molecule has 0 N–H and O–H groups in total. The molecule has 0 radical (unpaired) electrons. The number of aryl methyl sites for hydroxylation is 2. The number of amides is 1. The van der Waals surface area contributed by atoms with Gasteiger partial charge in [-0.2, -0.15) is 0 Å². The Morgan fingerprint density at radius 3 is 2.62 bits per heavy atom. The summed E-state index contributed by atoms with van der Waals surface area (Å²) in [6, 6.07) is 6.96. The van der Waals surface area contributed by atoms with E-state index in [9.17, 15) is 9.59 Å². The number of ketones is 1. The van der Waals surface area contributed by atoms with E-state index in [1.807, 2.05) is 45.0 Å². The minimum Gasteiger partial charge on any atom is -0.494 e. The van der Waals surface area contributed by atoms with Crippen molar-refractivity contribution >= 4 is 39.8 Å². The van der Waals surface area contributed by atoms with Crippen LogP contribution in [0.2, 0.25) is 0 Å². The number of alkyl halides is 1. The van der Waals surface area contributed by atoms with E-state index in [2.05, 4.69) is 4.98 Å². The summed E-state index contributed by atoms with van der Waals surface area (Å²) < 4.78 is 11.8. The van der Waals surface area contributed by atoms with Crippen LogP contribution in [0.5, 0.6) is 5.75 Å². The van der Waals surface area contributed by atoms with Crippen molar-refractivity contribution in [1.29, 1.82) is 0 Å². The maximum atomic E-state index is 13.7. The molecular formula is C24H25ClN2O4S. The van der Waals surface area contributed by atoms with Gasteiger partial charge >= 0.3 is 0 Å². The van der Waals surface area contributed by atoms with E-state index in [1.54, 1.807) is 4.90 Å². The largest absolute Gasteiger partial charge is 0.494 e. The molecule has 3 heterocycles. The molecule has 0 bridgehead atoms. The molecule has 1 amide bonds. The zero-order valence-corrected chi connectivity index (χ0v) is 19.8. The van der Waals surface area contributed by atoms with E-state index in [0.717, 1.165) is 28.3 Å². The second kappa shape index (κ2) is 8.19. The van der Waals surface area contributed by atoms with Gasteiger partial charge in [0.15, 0.2) is 16.7 Å². The van der Waals surface area contributed by atoms with Gasteiger partial charge in [0.25, 0.3) is 5.91 Å². The number of anilines is 1. The number of Topliss-reactive ketones (excluding diaryl/α,β-unsaturated/α-hetero) is 1. The predicted molar refractivity (Wildman–Crippen MR) is 123 cm³/mol. The van der Waals surface area contributed by atoms with E-state index in [-0.39, 0.29) is 34.8 Å². The van der Waals surface area contributed by atoms with E-state index in [0.29, 0.717) is 30.2 Å². The van der Waals surface area contributed by atoms with Crippen molar-refractivity contribution in [2.45, 2.75) is 57.6 Å². The molecule has 2 aliphatic heterocycles. The number of nitrogens with zero attached hydrogens (tertiary/aromatic N) is 2. The monoisotopic (exact) mass is 472 g/mol. The SMILES string of the molecule is CCOc1ccc(C2C3=C(OC4CCC(Cl)CC4C3=O)C(=O)N2c2nc(C)c(C)s2)cc1. The average molecular weight is 473 g/mol. The molecule has 8 heteroatoms. The molecule has 0 spiro atoms. The lowest BCUT2D eigenvalue weighted by Gasteiger charge is -2.37. The van der Waals surface area contributed by atoms with Gasteiger partial charge in [-0.1, -0.05) is 12.1 Å². The van der Waals surface area contributed by atoms with Gasteiger partial charge in [0.2, 0.25) is 0 Å². The van der Waals surface area contributed by atoms with Crippen molar-refractivity contribution in [2.24, 2.45) is 5.92 Å². The van der Waals surface area contributed by atoms with Crippen LogP contribution in [0.3, 0.4) is 0 Å². The third-order valence-electron chi connectivity index (χ3n) is 6.51. The first-order valence-electron chi connectivity index (χ1n) is 11.0. The molecule has 32 heavy (non-hydrogen) atoms. The highest BCUT2D eigenvalue weighted by atomic mass is 35.5. The summed E-state index contributed by atoms with van der Waals surface area (Å²) in [6.07, 6.45) is 1.74. The van der Waals surface area contributed by atoms with Crippen molar-refractivity contribution in [3.8, 4) is 5.75 Å². The Morgan fingerprint density at radius 2 is 1.97 bits per heavy atom. The molecule has 0 saturated heterocycles. The third kappa shape index (κ3) is 3.42. The van der Waals surface area contributed by atoms with Crippen LogP contribution in [0.25, 0.3) is 0 Å². The topological polar surface area (TPSA) is 68.7 Å². The Labute approximate surface area is 196 Å². The molecular weight excluding hydrogens is 448 g/mol. The van der Waals surface area contributed by atoms with E-state index < -0.39 is 6.04 Å². The zero-order chi connectivity index (χ0) is 22.6. The fourth-order valence-corrected chi connectivity index (χ4v) is 6.05. The Morgan fingerprint density at radius 1 is 1.22 bits per heavy atom. The van der Waals surface area contributed by atoms with Gasteiger partial charge in [0.1, 0.15) is 11.9 Å². The molecule has 1 aliphatic carbocycles. The number of carbonyl (C=O) groups is 2. The number of ether oxygens (including phenoxy) is 2. The first kappa shape index (κ1) is 21.5. The smallest absolute Gasteiger partial charge is 0.296 e. The van der Waals surface area contributed by atoms with Crippen molar-refractivity contribution in [1.82, 2.24) is 4.98 Å². The van der Waals surface area contributed by atoms with Gasteiger partial charge in [0.05, 0.1) is 29.8 Å². The van der Waals surface area contributed by atoms with Crippen molar-refractivity contribution in [2.75, 3.05) is 11.5 Å². The van der Waals surface area contributed by atoms with Crippen LogP contribution in [0.4, 0.5) is 5.13 Å². The summed E-state index contributed by atoms with van der Waals surface area (Å²) in [7, 11) is 0. The van der Waals surface area contributed by atoms with Crippen molar-refractivity contribution in [3.63, 3.8) is 0 Å². The zero-order valence-electron chi connectivity index (χ0n) is 18.3. The molecule has 4 unspecified atom stereocenters. The maximum Gasteiger partial charge on any atom is 0.296 e. The van der Waals surface area contributed by atoms with Crippen LogP contribution >= 0.6 is 22.9 Å². The quantitative estimate of drug-likeness (QED) is 0.593. The molecule has 1 saturated carbocycles. The maximum absolute atomic E-state index is 13.7. The Bertz CT molecular complexity index is 1090. The number of aromatic nitrogens is 1. The third-order valence-corrected chi connectivity index (χ3v) is 7.98. The summed E-state index contributed by atoms with van der Waals surface area (Å²) in [5.74, 6) is 0.274. The highest BCUT2D eigenvalue weighted by Crippen LogP contribution is 2.49. The Kier molecular flexibility index (Phi) is 5.50. The number of hydrogen-bond donors (Lipinski definition) is 0. The minimum absolute atomic E-state index is 0.0265. The van der Waals surface area contributed by atoms with E-state index in [4.69, 9.17) is 21.1 Å². The second-order valence-corrected chi connectivity index (χ2v) is 10.3. The minimum atomic E-state index is -0.581. The molecule has 3 aliphatic rings. The van der Waals surface area contributed by atoms with Crippen LogP contribution in [-0.4, -0.2) is 34.8 Å². The molecule has 168 valence electrons. The van der Waals surface area contributed by atoms with E-state index >= 15 is 0 Å². The summed E-state index contributed by atoms with van der Waals surface area (Å²) in [6.45, 7) is 6.40. The number of halogens is 1. The van der Waals surface area contributed by atoms with Crippen LogP contribution in [0, 0.1) is 19.8 Å². The first-order valence-corrected chi connectivity index (χ1v) is 12.2. The number of carbonyl (C=O) groups excluding carboxylic acids is 2. The van der Waals surface area contributed by atoms with Gasteiger partial charge in [-0.15, -0.1) is 22.9 Å². The lowest BCUT2D eigenvalue weighted by Crippen LogP contribution is -2.41. The number of rotatable bonds is 4. The van der Waals surface area contributed by atoms with E-state index in [1.165, 1.54) is 11.3 Å². The molecule has 2 aromatic rings. The van der Waals surface area contributed by atoms with Crippen LogP contribution < -0.4 is 9.64 Å². The number of hydrogen-bond acceptors (Lipinski definition) is 6. The van der Waals surface area contributed by atoms with Crippen molar-refractivity contribution < 1.29 is 19.1 Å². The lowest BCUT2D eigenvalue weighted by atomic mass is 9.77. The molecule has 1 aromatic carbocycles. The van der Waals surface area contributed by atoms with Gasteiger partial charge < -0.3 is 9.47 Å². The molecule has 4 atom stereocenters. The Hall–Kier alpha value is -2.38. The lowest BCUT2D eigenvalue weighted by molar-refractivity contribution is -0.131. The summed E-state index contributed by atoms with van der Waals surface area (Å²) >= 11 is 7.85. The van der Waals surface area contributed by atoms with Crippen LogP contribution in [0.1, 0.15) is 48.4 Å². The summed E-state index contributed by atoms with van der Waals surface area (Å²) in [5, 5.41) is 0.528. The fourth-order valence-electron chi connectivity index (χ4n) is 4.80. The normalized spacial score (nSPS) is 27.3. The summed E-state index contributed by atoms with van der Waals surface area (Å²) in [4.78, 5) is 34.6. The predicted octanol–water partition coefficient (Wildman–Crippen LogP) is 4.88. The summed E-state index contributed by atoms with van der Waals surface area (Å²) in [5.41, 5.74) is 2.13.